The maximum atomic E-state index is 12.2. The molecule has 2 aromatic carbocycles. The number of benzene rings is 2. The molecule has 0 saturated heterocycles. The fraction of sp³-hybridized carbons (Fsp3) is 0.286. The molecule has 140 valence electrons. The average Bonchev–Trinajstić information content (AvgIpc) is 2.68. The zero-order valence-electron chi connectivity index (χ0n) is 15.6. The molecule has 0 spiro atoms. The third-order valence-corrected chi connectivity index (χ3v) is 3.92. The molecule has 1 amide bonds. The largest absolute Gasteiger partial charge is 0.479 e. The summed E-state index contributed by atoms with van der Waals surface area (Å²) >= 11 is 0. The van der Waals surface area contributed by atoms with Crippen LogP contribution < -0.4 is 10.1 Å². The SMILES string of the molecule is CCc1ccc(NC(=O)[C@H](C)OC(=O)[C@@H](C)Oc2ccc(C#N)cc2)cc1. The van der Waals surface area contributed by atoms with E-state index >= 15 is 0 Å². The van der Waals surface area contributed by atoms with E-state index in [1.165, 1.54) is 19.4 Å². The smallest absolute Gasteiger partial charge is 0.347 e. The molecule has 27 heavy (non-hydrogen) atoms. The number of anilines is 1. The predicted octanol–water partition coefficient (Wildman–Crippen LogP) is 3.46. The molecule has 0 fully saturated rings. The lowest BCUT2D eigenvalue weighted by molar-refractivity contribution is -0.159. The molecule has 0 unspecified atom stereocenters. The van der Waals surface area contributed by atoms with Crippen LogP contribution in [0.5, 0.6) is 5.75 Å². The molecule has 0 aliphatic rings. The minimum absolute atomic E-state index is 0.418. The van der Waals surface area contributed by atoms with Crippen LogP contribution in [0.3, 0.4) is 0 Å². The average molecular weight is 366 g/mol. The van der Waals surface area contributed by atoms with Crippen LogP contribution in [-0.2, 0) is 20.7 Å². The number of esters is 1. The summed E-state index contributed by atoms with van der Waals surface area (Å²) < 4.78 is 10.7. The Hall–Kier alpha value is -3.33. The van der Waals surface area contributed by atoms with Crippen molar-refractivity contribution in [1.29, 1.82) is 5.26 Å². The van der Waals surface area contributed by atoms with Gasteiger partial charge in [-0.15, -0.1) is 0 Å². The monoisotopic (exact) mass is 366 g/mol. The molecule has 2 atom stereocenters. The van der Waals surface area contributed by atoms with Crippen LogP contribution in [0.15, 0.2) is 48.5 Å². The molecule has 0 radical (unpaired) electrons. The summed E-state index contributed by atoms with van der Waals surface area (Å²) in [5.41, 5.74) is 2.30. The first-order valence-electron chi connectivity index (χ1n) is 8.70. The first-order chi connectivity index (χ1) is 12.9. The molecular weight excluding hydrogens is 344 g/mol. The van der Waals surface area contributed by atoms with E-state index in [0.717, 1.165) is 6.42 Å². The molecule has 0 aliphatic heterocycles. The van der Waals surface area contributed by atoms with Crippen molar-refractivity contribution in [2.24, 2.45) is 0 Å². The van der Waals surface area contributed by atoms with Gasteiger partial charge in [-0.1, -0.05) is 19.1 Å². The van der Waals surface area contributed by atoms with Crippen molar-refractivity contribution in [2.45, 2.75) is 39.4 Å². The fourth-order valence-corrected chi connectivity index (χ4v) is 2.25. The molecule has 6 heteroatoms. The summed E-state index contributed by atoms with van der Waals surface area (Å²) in [6.45, 7) is 5.09. The highest BCUT2D eigenvalue weighted by Gasteiger charge is 2.23. The quantitative estimate of drug-likeness (QED) is 0.758. The first-order valence-corrected chi connectivity index (χ1v) is 8.70. The summed E-state index contributed by atoms with van der Waals surface area (Å²) in [5.74, 6) is -0.631. The van der Waals surface area contributed by atoms with Crippen LogP contribution in [0.1, 0.15) is 31.9 Å². The number of ether oxygens (including phenoxy) is 2. The number of aryl methyl sites for hydroxylation is 1. The summed E-state index contributed by atoms with van der Waals surface area (Å²) in [5, 5.41) is 11.5. The lowest BCUT2D eigenvalue weighted by Crippen LogP contribution is -2.35. The Balaban J connectivity index is 1.86. The maximum Gasteiger partial charge on any atom is 0.347 e. The molecular formula is C21H22N2O4. The van der Waals surface area contributed by atoms with Crippen molar-refractivity contribution in [1.82, 2.24) is 0 Å². The number of carbonyl (C=O) groups excluding carboxylic acids is 2. The predicted molar refractivity (Wildman–Crippen MR) is 101 cm³/mol. The van der Waals surface area contributed by atoms with Gasteiger partial charge in [-0.2, -0.15) is 5.26 Å². The minimum atomic E-state index is -0.963. The van der Waals surface area contributed by atoms with Crippen LogP contribution in [0.4, 0.5) is 5.69 Å². The molecule has 2 rings (SSSR count). The minimum Gasteiger partial charge on any atom is -0.479 e. The highest BCUT2D eigenvalue weighted by Crippen LogP contribution is 2.15. The second-order valence-corrected chi connectivity index (χ2v) is 6.02. The van der Waals surface area contributed by atoms with E-state index in [1.54, 1.807) is 24.3 Å². The summed E-state index contributed by atoms with van der Waals surface area (Å²) in [6.07, 6.45) is -0.938. The van der Waals surface area contributed by atoms with Gasteiger partial charge in [0.1, 0.15) is 5.75 Å². The third-order valence-electron chi connectivity index (χ3n) is 3.92. The zero-order chi connectivity index (χ0) is 19.8. The maximum absolute atomic E-state index is 12.2. The van der Waals surface area contributed by atoms with Gasteiger partial charge >= 0.3 is 5.97 Å². The summed E-state index contributed by atoms with van der Waals surface area (Å²) in [7, 11) is 0. The summed E-state index contributed by atoms with van der Waals surface area (Å²) in [4.78, 5) is 24.3. The van der Waals surface area contributed by atoms with Crippen LogP contribution in [0.2, 0.25) is 0 Å². The van der Waals surface area contributed by atoms with E-state index in [0.29, 0.717) is 17.0 Å². The van der Waals surface area contributed by atoms with Crippen molar-refractivity contribution in [3.05, 3.63) is 59.7 Å². The van der Waals surface area contributed by atoms with E-state index in [4.69, 9.17) is 14.7 Å². The van der Waals surface area contributed by atoms with Gasteiger partial charge < -0.3 is 14.8 Å². The van der Waals surface area contributed by atoms with E-state index < -0.39 is 24.1 Å². The molecule has 0 aromatic heterocycles. The number of nitriles is 1. The molecule has 2 aromatic rings. The number of rotatable bonds is 7. The van der Waals surface area contributed by atoms with Crippen molar-refractivity contribution < 1.29 is 19.1 Å². The lowest BCUT2D eigenvalue weighted by Gasteiger charge is -2.18. The van der Waals surface area contributed by atoms with Crippen molar-refractivity contribution in [3.8, 4) is 11.8 Å². The van der Waals surface area contributed by atoms with E-state index in [9.17, 15) is 9.59 Å². The topological polar surface area (TPSA) is 88.4 Å². The Morgan fingerprint density at radius 1 is 1.04 bits per heavy atom. The number of nitrogens with one attached hydrogen (secondary N) is 1. The van der Waals surface area contributed by atoms with Gasteiger partial charge in [-0.05, 0) is 62.2 Å². The van der Waals surface area contributed by atoms with Gasteiger partial charge in [0.05, 0.1) is 11.6 Å². The van der Waals surface area contributed by atoms with Crippen molar-refractivity contribution in [2.75, 3.05) is 5.32 Å². The van der Waals surface area contributed by atoms with Gasteiger partial charge in [0, 0.05) is 5.69 Å². The van der Waals surface area contributed by atoms with E-state index in [2.05, 4.69) is 12.2 Å². The third kappa shape index (κ3) is 5.86. The lowest BCUT2D eigenvalue weighted by atomic mass is 10.1. The van der Waals surface area contributed by atoms with Gasteiger partial charge in [-0.3, -0.25) is 4.79 Å². The second-order valence-electron chi connectivity index (χ2n) is 6.02. The molecule has 6 nitrogen and oxygen atoms in total. The molecule has 0 aliphatic carbocycles. The molecule has 0 heterocycles. The normalized spacial score (nSPS) is 12.4. The van der Waals surface area contributed by atoms with Crippen LogP contribution in [-0.4, -0.2) is 24.1 Å². The van der Waals surface area contributed by atoms with Crippen LogP contribution in [0, 0.1) is 11.3 Å². The fourth-order valence-electron chi connectivity index (χ4n) is 2.25. The van der Waals surface area contributed by atoms with E-state index in [1.807, 2.05) is 30.3 Å². The molecule has 0 bridgehead atoms. The van der Waals surface area contributed by atoms with Gasteiger partial charge in [0.25, 0.3) is 5.91 Å². The van der Waals surface area contributed by atoms with Crippen LogP contribution in [0.25, 0.3) is 0 Å². The second kappa shape index (κ2) is 9.39. The molecule has 0 saturated carbocycles. The standard InChI is InChI=1S/C21H22N2O4/c1-4-16-5-9-18(10-6-16)23-20(24)14(2)27-21(25)15(3)26-19-11-7-17(13-22)8-12-19/h5-12,14-15H,4H2,1-3H3,(H,23,24)/t14-,15+/m0/s1. The molecule has 1 N–H and O–H groups in total. The van der Waals surface area contributed by atoms with E-state index in [-0.39, 0.29) is 0 Å². The Morgan fingerprint density at radius 3 is 2.22 bits per heavy atom. The first kappa shape index (κ1) is 20.0. The summed E-state index contributed by atoms with van der Waals surface area (Å²) in [6, 6.07) is 15.9. The van der Waals surface area contributed by atoms with Gasteiger partial charge in [0.15, 0.2) is 12.2 Å². The highest BCUT2D eigenvalue weighted by atomic mass is 16.6. The zero-order valence-corrected chi connectivity index (χ0v) is 15.6. The van der Waals surface area contributed by atoms with Crippen LogP contribution >= 0.6 is 0 Å². The Morgan fingerprint density at radius 2 is 1.67 bits per heavy atom. The van der Waals surface area contributed by atoms with Gasteiger partial charge in [-0.25, -0.2) is 4.79 Å². The number of nitrogens with zero attached hydrogens (tertiary/aromatic N) is 1. The Bertz CT molecular complexity index is 823. The number of hydrogen-bond acceptors (Lipinski definition) is 5. The number of amides is 1. The highest BCUT2D eigenvalue weighted by molar-refractivity contribution is 5.95. The Labute approximate surface area is 158 Å². The van der Waals surface area contributed by atoms with Crippen molar-refractivity contribution in [3.63, 3.8) is 0 Å². The number of hydrogen-bond donors (Lipinski definition) is 1. The van der Waals surface area contributed by atoms with Crippen molar-refractivity contribution >= 4 is 17.6 Å². The Kier molecular flexibility index (Phi) is 6.95. The number of carbonyl (C=O) groups is 2. The van der Waals surface area contributed by atoms with Gasteiger partial charge in [0.2, 0.25) is 0 Å².